The number of hydrogen-bond acceptors (Lipinski definition) is 6. The van der Waals surface area contributed by atoms with Crippen LogP contribution >= 0.6 is 0 Å². The summed E-state index contributed by atoms with van der Waals surface area (Å²) in [6.45, 7) is 6.49. The lowest BCUT2D eigenvalue weighted by Crippen LogP contribution is -2.30. The molecule has 0 amide bonds. The SMILES string of the molecule is CCC\C=C/C=C\C=C/C=C\C=C/CCCCCCCC(=O)OCC(COC(=O)CCCCCCCCCCCCCCCCCCCC)OC(=O)CCCCCCC\C=C/C=C\C=C/C=C\CCCCC. The lowest BCUT2D eigenvalue weighted by Gasteiger charge is -2.18. The second-order valence-corrected chi connectivity index (χ2v) is 19.8. The third-order valence-electron chi connectivity index (χ3n) is 12.7. The molecule has 0 spiro atoms. The van der Waals surface area contributed by atoms with E-state index in [0.717, 1.165) is 109 Å². The summed E-state index contributed by atoms with van der Waals surface area (Å²) >= 11 is 0. The highest BCUT2D eigenvalue weighted by Crippen LogP contribution is 2.16. The van der Waals surface area contributed by atoms with Crippen molar-refractivity contribution < 1.29 is 28.6 Å². The van der Waals surface area contributed by atoms with Crippen LogP contribution in [0.15, 0.2) is 109 Å². The molecule has 0 aliphatic heterocycles. The number of unbranched alkanes of at least 4 members (excludes halogenated alkanes) is 31. The Morgan fingerprint density at radius 3 is 0.861 bits per heavy atom. The van der Waals surface area contributed by atoms with Crippen molar-refractivity contribution in [3.05, 3.63) is 109 Å². The predicted octanol–water partition coefficient (Wildman–Crippen LogP) is 20.3. The molecular formula is C66H110O6. The molecule has 0 aliphatic rings. The van der Waals surface area contributed by atoms with Crippen molar-refractivity contribution in [3.8, 4) is 0 Å². The summed E-state index contributed by atoms with van der Waals surface area (Å²) < 4.78 is 16.9. The Hall–Kier alpha value is -3.93. The van der Waals surface area contributed by atoms with E-state index in [1.54, 1.807) is 0 Å². The monoisotopic (exact) mass is 999 g/mol. The first-order valence-corrected chi connectivity index (χ1v) is 30.0. The van der Waals surface area contributed by atoms with Gasteiger partial charge in [-0.1, -0.05) is 297 Å². The van der Waals surface area contributed by atoms with Crippen LogP contribution in [-0.2, 0) is 28.6 Å². The number of carbonyl (C=O) groups is 3. The van der Waals surface area contributed by atoms with Gasteiger partial charge in [0.15, 0.2) is 6.10 Å². The van der Waals surface area contributed by atoms with Crippen molar-refractivity contribution in [2.75, 3.05) is 13.2 Å². The molecular weight excluding hydrogens is 889 g/mol. The number of ether oxygens (including phenoxy) is 3. The van der Waals surface area contributed by atoms with Crippen LogP contribution in [0.3, 0.4) is 0 Å². The molecule has 0 fully saturated rings. The fourth-order valence-electron chi connectivity index (χ4n) is 8.19. The van der Waals surface area contributed by atoms with E-state index >= 15 is 0 Å². The third kappa shape index (κ3) is 57.0. The fraction of sp³-hybridized carbons (Fsp3) is 0.682. The second-order valence-electron chi connectivity index (χ2n) is 19.8. The van der Waals surface area contributed by atoms with Crippen LogP contribution in [0.5, 0.6) is 0 Å². The van der Waals surface area contributed by atoms with Crippen LogP contribution in [0.1, 0.15) is 271 Å². The zero-order chi connectivity index (χ0) is 52.2. The number of esters is 3. The maximum Gasteiger partial charge on any atom is 0.306 e. The highest BCUT2D eigenvalue weighted by Gasteiger charge is 2.19. The summed E-state index contributed by atoms with van der Waals surface area (Å²) in [6.07, 6.45) is 80.7. The molecule has 0 heterocycles. The van der Waals surface area contributed by atoms with Gasteiger partial charge >= 0.3 is 17.9 Å². The van der Waals surface area contributed by atoms with Gasteiger partial charge in [-0.2, -0.15) is 0 Å². The number of hydrogen-bond donors (Lipinski definition) is 0. The smallest absolute Gasteiger partial charge is 0.306 e. The van der Waals surface area contributed by atoms with E-state index in [2.05, 4.69) is 106 Å². The van der Waals surface area contributed by atoms with E-state index in [4.69, 9.17) is 14.2 Å². The topological polar surface area (TPSA) is 78.9 Å². The molecule has 1 unspecified atom stereocenters. The Balaban J connectivity index is 4.49. The highest BCUT2D eigenvalue weighted by atomic mass is 16.6. The second kappa shape index (κ2) is 59.6. The molecule has 0 aromatic rings. The molecule has 0 N–H and O–H groups in total. The van der Waals surface area contributed by atoms with Crippen molar-refractivity contribution in [1.29, 1.82) is 0 Å². The van der Waals surface area contributed by atoms with Gasteiger partial charge in [0.25, 0.3) is 0 Å². The normalized spacial score (nSPS) is 12.9. The first-order chi connectivity index (χ1) is 35.5. The molecule has 0 aromatic carbocycles. The van der Waals surface area contributed by atoms with Gasteiger partial charge in [0.2, 0.25) is 0 Å². The Morgan fingerprint density at radius 1 is 0.278 bits per heavy atom. The number of carbonyl (C=O) groups excluding carboxylic acids is 3. The highest BCUT2D eigenvalue weighted by molar-refractivity contribution is 5.71. The van der Waals surface area contributed by atoms with Gasteiger partial charge in [0, 0.05) is 19.3 Å². The summed E-state index contributed by atoms with van der Waals surface area (Å²) in [4.78, 5) is 38.3. The molecule has 6 heteroatoms. The minimum atomic E-state index is -0.803. The largest absolute Gasteiger partial charge is 0.462 e. The molecule has 6 nitrogen and oxygen atoms in total. The standard InChI is InChI=1S/C66H110O6/c1-4-7-10-13-16-19-22-25-28-31-34-37-40-43-46-49-52-55-58-64(67)70-61-63(72-66(69)60-57-54-51-48-45-42-39-36-33-30-27-24-21-18-15-12-9-6-3)62-71-65(68)59-56-53-50-47-44-41-38-35-32-29-26-23-20-17-14-11-8-5-2/h10,13,16,18-19,21-22,24-25,27-28,30-31,33-34,36-37,39,63H,4-9,11-12,14-15,17,20,23,26,29,32,35,38,40-62H2,1-3H3/b13-10-,19-16-,21-18-,25-22-,27-24-,31-28-,33-30-,37-34-,39-36-. The molecule has 410 valence electrons. The minimum absolute atomic E-state index is 0.0959. The maximum absolute atomic E-state index is 12.9. The Bertz CT molecular complexity index is 1470. The van der Waals surface area contributed by atoms with Gasteiger partial charge in [-0.15, -0.1) is 0 Å². The van der Waals surface area contributed by atoms with Crippen molar-refractivity contribution in [2.24, 2.45) is 0 Å². The molecule has 0 saturated heterocycles. The van der Waals surface area contributed by atoms with Crippen LogP contribution < -0.4 is 0 Å². The molecule has 0 aliphatic carbocycles. The van der Waals surface area contributed by atoms with Gasteiger partial charge < -0.3 is 14.2 Å². The van der Waals surface area contributed by atoms with Crippen molar-refractivity contribution in [1.82, 2.24) is 0 Å². The Labute approximate surface area is 444 Å². The molecule has 0 aromatic heterocycles. The van der Waals surface area contributed by atoms with Gasteiger partial charge in [-0.05, 0) is 64.2 Å². The van der Waals surface area contributed by atoms with Crippen LogP contribution in [-0.4, -0.2) is 37.2 Å². The lowest BCUT2D eigenvalue weighted by atomic mass is 10.0. The summed E-state index contributed by atoms with van der Waals surface area (Å²) in [5, 5.41) is 0. The number of rotatable bonds is 53. The molecule has 0 radical (unpaired) electrons. The molecule has 0 saturated carbocycles. The van der Waals surface area contributed by atoms with Gasteiger partial charge in [0.1, 0.15) is 13.2 Å². The van der Waals surface area contributed by atoms with E-state index in [9.17, 15) is 14.4 Å². The molecule has 0 rings (SSSR count). The molecule has 1 atom stereocenters. The third-order valence-corrected chi connectivity index (χ3v) is 12.7. The summed E-state index contributed by atoms with van der Waals surface area (Å²) in [7, 11) is 0. The zero-order valence-electron chi connectivity index (χ0n) is 46.9. The average molecular weight is 1000 g/mol. The minimum Gasteiger partial charge on any atom is -0.462 e. The van der Waals surface area contributed by atoms with Crippen LogP contribution in [0.25, 0.3) is 0 Å². The van der Waals surface area contributed by atoms with Crippen molar-refractivity contribution in [3.63, 3.8) is 0 Å². The summed E-state index contributed by atoms with van der Waals surface area (Å²) in [5.41, 5.74) is 0. The van der Waals surface area contributed by atoms with E-state index < -0.39 is 6.10 Å². The average Bonchev–Trinajstić information content (AvgIpc) is 3.38. The molecule has 72 heavy (non-hydrogen) atoms. The van der Waals surface area contributed by atoms with Crippen molar-refractivity contribution >= 4 is 17.9 Å². The number of allylic oxidation sites excluding steroid dienone is 18. The van der Waals surface area contributed by atoms with Gasteiger partial charge in [0.05, 0.1) is 0 Å². The van der Waals surface area contributed by atoms with E-state index in [1.165, 1.54) is 122 Å². The van der Waals surface area contributed by atoms with Crippen LogP contribution in [0.4, 0.5) is 0 Å². The summed E-state index contributed by atoms with van der Waals surface area (Å²) in [5.74, 6) is -0.939. The van der Waals surface area contributed by atoms with E-state index in [0.29, 0.717) is 19.3 Å². The Kier molecular flexibility index (Phi) is 56.4. The quantitative estimate of drug-likeness (QED) is 0.0261. The summed E-state index contributed by atoms with van der Waals surface area (Å²) in [6, 6.07) is 0. The van der Waals surface area contributed by atoms with Crippen molar-refractivity contribution in [2.45, 2.75) is 277 Å². The fourth-order valence-corrected chi connectivity index (χ4v) is 8.19. The van der Waals surface area contributed by atoms with Gasteiger partial charge in [-0.25, -0.2) is 0 Å². The maximum atomic E-state index is 12.9. The zero-order valence-corrected chi connectivity index (χ0v) is 46.9. The lowest BCUT2D eigenvalue weighted by molar-refractivity contribution is -0.167. The first-order valence-electron chi connectivity index (χ1n) is 30.0. The Morgan fingerprint density at radius 2 is 0.528 bits per heavy atom. The van der Waals surface area contributed by atoms with Gasteiger partial charge in [-0.3, -0.25) is 14.4 Å². The first kappa shape index (κ1) is 68.1. The van der Waals surface area contributed by atoms with E-state index in [-0.39, 0.29) is 31.1 Å². The molecule has 0 bridgehead atoms. The van der Waals surface area contributed by atoms with Crippen LogP contribution in [0, 0.1) is 0 Å². The van der Waals surface area contributed by atoms with E-state index in [1.807, 2.05) is 24.3 Å². The van der Waals surface area contributed by atoms with Crippen LogP contribution in [0.2, 0.25) is 0 Å². The predicted molar refractivity (Wildman–Crippen MR) is 311 cm³/mol.